The Hall–Kier alpha value is -1.73. The Bertz CT molecular complexity index is 627. The van der Waals surface area contributed by atoms with Gasteiger partial charge in [0.25, 0.3) is 0 Å². The zero-order chi connectivity index (χ0) is 15.9. The number of nitrogens with zero attached hydrogens (tertiary/aromatic N) is 2. The molecule has 0 fully saturated rings. The molecule has 1 aromatic heterocycles. The number of aryl methyl sites for hydroxylation is 1. The summed E-state index contributed by atoms with van der Waals surface area (Å²) in [7, 11) is 0. The SMILES string of the molecule is CCc1ncnc(NCC(O)COc2ccccc2Br)c1F. The average molecular weight is 370 g/mol. The van der Waals surface area contributed by atoms with Crippen LogP contribution in [0.4, 0.5) is 10.2 Å². The number of ether oxygens (including phenoxy) is 1. The molecule has 0 saturated heterocycles. The summed E-state index contributed by atoms with van der Waals surface area (Å²) in [5.41, 5.74) is 0.344. The third-order valence-corrected chi connectivity index (χ3v) is 3.62. The second-order valence-corrected chi connectivity index (χ2v) is 5.47. The molecule has 0 radical (unpaired) electrons. The number of benzene rings is 1. The highest BCUT2D eigenvalue weighted by molar-refractivity contribution is 9.10. The van der Waals surface area contributed by atoms with Crippen LogP contribution in [0.2, 0.25) is 0 Å². The van der Waals surface area contributed by atoms with Crippen LogP contribution in [0.5, 0.6) is 5.75 Å². The van der Waals surface area contributed by atoms with Crippen LogP contribution in [0.1, 0.15) is 12.6 Å². The summed E-state index contributed by atoms with van der Waals surface area (Å²) in [6.07, 6.45) is 0.983. The summed E-state index contributed by atoms with van der Waals surface area (Å²) < 4.78 is 20.2. The van der Waals surface area contributed by atoms with E-state index in [1.807, 2.05) is 25.1 Å². The molecular formula is C15H17BrFN3O2. The second-order valence-electron chi connectivity index (χ2n) is 4.61. The zero-order valence-corrected chi connectivity index (χ0v) is 13.7. The largest absolute Gasteiger partial charge is 0.490 e. The molecule has 0 aliphatic rings. The summed E-state index contributed by atoms with van der Waals surface area (Å²) in [5, 5.41) is 12.7. The van der Waals surface area contributed by atoms with Crippen LogP contribution in [0.3, 0.4) is 0 Å². The fourth-order valence-corrected chi connectivity index (χ4v) is 2.20. The van der Waals surface area contributed by atoms with Gasteiger partial charge in [0.1, 0.15) is 24.8 Å². The van der Waals surface area contributed by atoms with Crippen molar-refractivity contribution in [2.75, 3.05) is 18.5 Å². The van der Waals surface area contributed by atoms with E-state index in [1.54, 1.807) is 6.07 Å². The van der Waals surface area contributed by atoms with Crippen LogP contribution in [0.15, 0.2) is 35.1 Å². The monoisotopic (exact) mass is 369 g/mol. The van der Waals surface area contributed by atoms with E-state index in [0.29, 0.717) is 17.9 Å². The fraction of sp³-hybridized carbons (Fsp3) is 0.333. The number of nitrogens with one attached hydrogen (secondary N) is 1. The van der Waals surface area contributed by atoms with Crippen LogP contribution in [0, 0.1) is 5.82 Å². The molecule has 1 aromatic carbocycles. The van der Waals surface area contributed by atoms with Crippen molar-refractivity contribution in [2.24, 2.45) is 0 Å². The topological polar surface area (TPSA) is 67.3 Å². The predicted octanol–water partition coefficient (Wildman–Crippen LogP) is 2.79. The first-order valence-electron chi connectivity index (χ1n) is 6.90. The van der Waals surface area contributed by atoms with Crippen molar-refractivity contribution in [1.29, 1.82) is 0 Å². The lowest BCUT2D eigenvalue weighted by atomic mass is 10.3. The minimum atomic E-state index is -0.799. The van der Waals surface area contributed by atoms with Gasteiger partial charge in [-0.05, 0) is 34.5 Å². The molecule has 0 aliphatic heterocycles. The minimum absolute atomic E-state index is 0.0863. The molecule has 22 heavy (non-hydrogen) atoms. The first-order valence-corrected chi connectivity index (χ1v) is 7.69. The molecule has 1 atom stereocenters. The second kappa shape index (κ2) is 8.05. The lowest BCUT2D eigenvalue weighted by molar-refractivity contribution is 0.117. The number of rotatable bonds is 7. The van der Waals surface area contributed by atoms with Gasteiger partial charge in [-0.25, -0.2) is 14.4 Å². The van der Waals surface area contributed by atoms with E-state index in [-0.39, 0.29) is 19.0 Å². The maximum absolute atomic E-state index is 13.9. The van der Waals surface area contributed by atoms with Gasteiger partial charge in [0.05, 0.1) is 10.2 Å². The van der Waals surface area contributed by atoms with Crippen molar-refractivity contribution >= 4 is 21.7 Å². The molecule has 0 bridgehead atoms. The van der Waals surface area contributed by atoms with Crippen molar-refractivity contribution in [1.82, 2.24) is 9.97 Å². The van der Waals surface area contributed by atoms with Gasteiger partial charge < -0.3 is 15.2 Å². The van der Waals surface area contributed by atoms with Crippen molar-refractivity contribution in [3.8, 4) is 5.75 Å². The zero-order valence-electron chi connectivity index (χ0n) is 12.1. The van der Waals surface area contributed by atoms with Gasteiger partial charge in [-0.15, -0.1) is 0 Å². The maximum Gasteiger partial charge on any atom is 0.186 e. The Morgan fingerprint density at radius 1 is 1.36 bits per heavy atom. The lowest BCUT2D eigenvalue weighted by Crippen LogP contribution is -2.27. The van der Waals surface area contributed by atoms with E-state index in [4.69, 9.17) is 4.74 Å². The third-order valence-electron chi connectivity index (χ3n) is 2.97. The first kappa shape index (κ1) is 16.6. The Labute approximate surface area is 136 Å². The fourth-order valence-electron chi connectivity index (χ4n) is 1.80. The van der Waals surface area contributed by atoms with Crippen LogP contribution >= 0.6 is 15.9 Å². The molecule has 2 N–H and O–H groups in total. The van der Waals surface area contributed by atoms with Gasteiger partial charge >= 0.3 is 0 Å². The smallest absolute Gasteiger partial charge is 0.186 e. The van der Waals surface area contributed by atoms with E-state index in [0.717, 1.165) is 4.47 Å². The summed E-state index contributed by atoms with van der Waals surface area (Å²) in [5.74, 6) is 0.249. The summed E-state index contributed by atoms with van der Waals surface area (Å²) in [6, 6.07) is 7.36. The van der Waals surface area contributed by atoms with Gasteiger partial charge in [0.15, 0.2) is 11.6 Å². The summed E-state index contributed by atoms with van der Waals surface area (Å²) >= 11 is 3.36. The minimum Gasteiger partial charge on any atom is -0.490 e. The summed E-state index contributed by atoms with van der Waals surface area (Å²) in [4.78, 5) is 7.69. The number of anilines is 1. The number of hydrogen-bond donors (Lipinski definition) is 2. The molecule has 0 spiro atoms. The standard InChI is InChI=1S/C15H17BrFN3O2/c1-2-12-14(17)15(20-9-19-12)18-7-10(21)8-22-13-6-4-3-5-11(13)16/h3-6,9-10,21H,2,7-8H2,1H3,(H,18,19,20). The number of halogens is 2. The average Bonchev–Trinajstić information content (AvgIpc) is 2.53. The van der Waals surface area contributed by atoms with Crippen molar-refractivity contribution in [3.05, 3.63) is 46.6 Å². The molecule has 118 valence electrons. The van der Waals surface area contributed by atoms with Crippen LogP contribution in [-0.2, 0) is 6.42 Å². The molecule has 1 heterocycles. The van der Waals surface area contributed by atoms with E-state index < -0.39 is 11.9 Å². The highest BCUT2D eigenvalue weighted by atomic mass is 79.9. The van der Waals surface area contributed by atoms with Crippen LogP contribution in [-0.4, -0.2) is 34.3 Å². The van der Waals surface area contributed by atoms with E-state index >= 15 is 0 Å². The van der Waals surface area contributed by atoms with Crippen molar-refractivity contribution in [2.45, 2.75) is 19.4 Å². The third kappa shape index (κ3) is 4.38. The molecule has 5 nitrogen and oxygen atoms in total. The molecule has 0 amide bonds. The predicted molar refractivity (Wildman–Crippen MR) is 85.5 cm³/mol. The lowest BCUT2D eigenvalue weighted by Gasteiger charge is -2.15. The highest BCUT2D eigenvalue weighted by Gasteiger charge is 2.12. The number of aliphatic hydroxyl groups excluding tert-OH is 1. The Morgan fingerprint density at radius 3 is 2.86 bits per heavy atom. The van der Waals surface area contributed by atoms with Gasteiger partial charge in [0, 0.05) is 6.54 Å². The molecule has 1 unspecified atom stereocenters. The first-order chi connectivity index (χ1) is 10.6. The molecular weight excluding hydrogens is 353 g/mol. The maximum atomic E-state index is 13.9. The molecule has 2 rings (SSSR count). The van der Waals surface area contributed by atoms with E-state index in [2.05, 4.69) is 31.2 Å². The summed E-state index contributed by atoms with van der Waals surface area (Å²) in [6.45, 7) is 2.03. The van der Waals surface area contributed by atoms with E-state index in [1.165, 1.54) is 6.33 Å². The van der Waals surface area contributed by atoms with Gasteiger partial charge in [-0.2, -0.15) is 0 Å². The van der Waals surface area contributed by atoms with Crippen LogP contribution in [0.25, 0.3) is 0 Å². The highest BCUT2D eigenvalue weighted by Crippen LogP contribution is 2.23. The number of hydrogen-bond acceptors (Lipinski definition) is 5. The Balaban J connectivity index is 1.86. The van der Waals surface area contributed by atoms with Gasteiger partial charge in [-0.1, -0.05) is 19.1 Å². The van der Waals surface area contributed by atoms with Crippen molar-refractivity contribution in [3.63, 3.8) is 0 Å². The van der Waals surface area contributed by atoms with Crippen molar-refractivity contribution < 1.29 is 14.2 Å². The molecule has 7 heteroatoms. The molecule has 2 aromatic rings. The Kier molecular flexibility index (Phi) is 6.09. The quantitative estimate of drug-likeness (QED) is 0.785. The number of aromatic nitrogens is 2. The number of para-hydroxylation sites is 1. The Morgan fingerprint density at radius 2 is 2.14 bits per heavy atom. The molecule has 0 aliphatic carbocycles. The molecule has 0 saturated carbocycles. The van der Waals surface area contributed by atoms with Gasteiger partial charge in [0.2, 0.25) is 0 Å². The van der Waals surface area contributed by atoms with Crippen LogP contribution < -0.4 is 10.1 Å². The van der Waals surface area contributed by atoms with Gasteiger partial charge in [-0.3, -0.25) is 0 Å². The number of aliphatic hydroxyl groups is 1. The normalized spacial score (nSPS) is 12.0. The van der Waals surface area contributed by atoms with E-state index in [9.17, 15) is 9.50 Å².